The molecular formula is C61H94ClO3P. The fourth-order valence-electron chi connectivity index (χ4n) is 9.67. The number of unbranched alkanes of at least 4 members (excludes halogenated alkanes) is 27. The molecule has 4 aromatic carbocycles. The van der Waals surface area contributed by atoms with Gasteiger partial charge in [-0.15, -0.1) is 0 Å². The van der Waals surface area contributed by atoms with Gasteiger partial charge in [0.1, 0.15) is 0 Å². The summed E-state index contributed by atoms with van der Waals surface area (Å²) in [6, 6.07) is 37.0. The standard InChI is InChI=1S/C61H94ClO3P/c1-4-7-10-13-16-19-22-25-28-40-49-63-59-52-55(54-66(62,56-43-34-31-35-44-56,57-45-36-32-37-46-57)58-47-38-33-39-48-58)53-60(64-50-41-29-26-23-20-17-14-11-8-5-2)61(59)65-51-42-30-27-24-21-18-15-12-9-6-3/h31-39,43-48,52-53H,4-30,40-42,49-51,54H2,1-3H3. The second-order valence-electron chi connectivity index (χ2n) is 19.4. The number of hydrogen-bond acceptors (Lipinski definition) is 3. The van der Waals surface area contributed by atoms with Crippen molar-refractivity contribution < 1.29 is 14.2 Å². The SMILES string of the molecule is CCCCCCCCCCCCOc1cc(CP(Cl)(c2ccccc2)(c2ccccc2)c2ccccc2)cc(OCCCCCCCCCCCC)c1OCCCCCCCCCCCC. The molecule has 0 aromatic heterocycles. The van der Waals surface area contributed by atoms with Gasteiger partial charge in [-0.2, -0.15) is 0 Å². The maximum atomic E-state index is 8.70. The third kappa shape index (κ3) is 19.5. The first-order chi connectivity index (χ1) is 32.5. The van der Waals surface area contributed by atoms with Crippen LogP contribution in [0.5, 0.6) is 17.2 Å². The van der Waals surface area contributed by atoms with Crippen LogP contribution in [0.25, 0.3) is 0 Å². The van der Waals surface area contributed by atoms with Gasteiger partial charge in [-0.25, -0.2) is 0 Å². The molecule has 0 radical (unpaired) electrons. The van der Waals surface area contributed by atoms with Gasteiger partial charge in [0.15, 0.2) is 0 Å². The van der Waals surface area contributed by atoms with Crippen molar-refractivity contribution in [2.45, 2.75) is 220 Å². The summed E-state index contributed by atoms with van der Waals surface area (Å²) in [5.41, 5.74) is 1.11. The molecular weight excluding hydrogens is 847 g/mol. The molecule has 0 aliphatic rings. The Bertz CT molecular complexity index is 1620. The molecule has 5 heteroatoms. The zero-order valence-electron chi connectivity index (χ0n) is 42.4. The molecule has 0 aliphatic carbocycles. The Hall–Kier alpha value is -3.00. The first-order valence-corrected chi connectivity index (χ1v) is 30.8. The van der Waals surface area contributed by atoms with E-state index in [4.69, 9.17) is 25.5 Å². The fraction of sp³-hybridized carbons (Fsp3) is 0.607. The third-order valence-electron chi connectivity index (χ3n) is 13.7. The van der Waals surface area contributed by atoms with Crippen molar-refractivity contribution >= 4 is 33.1 Å². The van der Waals surface area contributed by atoms with Crippen molar-refractivity contribution in [3.8, 4) is 17.2 Å². The molecule has 4 rings (SSSR count). The summed E-state index contributed by atoms with van der Waals surface area (Å²) in [5, 5.41) is 3.47. The normalized spacial score (nSPS) is 12.2. The van der Waals surface area contributed by atoms with E-state index in [2.05, 4.69) is 124 Å². The number of halogens is 1. The van der Waals surface area contributed by atoms with Crippen LogP contribution < -0.4 is 30.1 Å². The van der Waals surface area contributed by atoms with Crippen LogP contribution in [-0.4, -0.2) is 19.8 Å². The molecule has 0 unspecified atom stereocenters. The van der Waals surface area contributed by atoms with Crippen molar-refractivity contribution in [2.75, 3.05) is 19.8 Å². The Kier molecular flexibility index (Phi) is 28.9. The molecule has 0 N–H and O–H groups in total. The third-order valence-corrected chi connectivity index (χ3v) is 20.9. The predicted octanol–water partition coefficient (Wildman–Crippen LogP) is 18.8. The Balaban J connectivity index is 1.61. The number of benzene rings is 4. The van der Waals surface area contributed by atoms with Crippen LogP contribution in [0.3, 0.4) is 0 Å². The van der Waals surface area contributed by atoms with E-state index >= 15 is 0 Å². The minimum Gasteiger partial charge on any atom is -0.0654 e. The van der Waals surface area contributed by atoms with Gasteiger partial charge in [-0.05, 0) is 0 Å². The topological polar surface area (TPSA) is 27.7 Å². The van der Waals surface area contributed by atoms with Crippen molar-refractivity contribution in [1.29, 1.82) is 0 Å². The van der Waals surface area contributed by atoms with E-state index in [-0.39, 0.29) is 0 Å². The molecule has 4 aromatic rings. The zero-order valence-corrected chi connectivity index (χ0v) is 44.1. The van der Waals surface area contributed by atoms with E-state index in [1.165, 1.54) is 173 Å². The summed E-state index contributed by atoms with van der Waals surface area (Å²) in [7, 11) is 0. The quantitative estimate of drug-likeness (QED) is 0.0328. The molecule has 368 valence electrons. The summed E-state index contributed by atoms with van der Waals surface area (Å²) < 4.78 is 20.6. The van der Waals surface area contributed by atoms with Crippen LogP contribution in [0, 0.1) is 0 Å². The van der Waals surface area contributed by atoms with Crippen LogP contribution in [0.4, 0.5) is 0 Å². The van der Waals surface area contributed by atoms with Crippen LogP contribution in [-0.2, 0) is 6.16 Å². The molecule has 0 spiro atoms. The summed E-state index contributed by atoms with van der Waals surface area (Å²) in [6.07, 6.45) is 39.4. The summed E-state index contributed by atoms with van der Waals surface area (Å²) in [4.78, 5) is 0. The minimum absolute atomic E-state index is 0.618. The molecule has 0 heterocycles. The molecule has 0 atom stereocenters. The zero-order chi connectivity index (χ0) is 46.7. The second kappa shape index (κ2) is 34.3. The van der Waals surface area contributed by atoms with E-state index in [1.807, 2.05) is 0 Å². The summed E-state index contributed by atoms with van der Waals surface area (Å²) >= 11 is 8.70. The number of hydrogen-bond donors (Lipinski definition) is 0. The van der Waals surface area contributed by atoms with Crippen LogP contribution in [0.1, 0.15) is 219 Å². The van der Waals surface area contributed by atoms with E-state index in [1.54, 1.807) is 0 Å². The maximum absolute atomic E-state index is 8.70. The molecule has 0 aliphatic heterocycles. The van der Waals surface area contributed by atoms with Crippen LogP contribution in [0.2, 0.25) is 0 Å². The van der Waals surface area contributed by atoms with Crippen molar-refractivity contribution in [1.82, 2.24) is 0 Å². The van der Waals surface area contributed by atoms with Gasteiger partial charge in [-0.1, -0.05) is 104 Å². The average Bonchev–Trinajstić information content (AvgIpc) is 3.35. The van der Waals surface area contributed by atoms with Crippen molar-refractivity contribution in [3.63, 3.8) is 0 Å². The predicted molar refractivity (Wildman–Crippen MR) is 293 cm³/mol. The molecule has 0 bridgehead atoms. The molecule has 66 heavy (non-hydrogen) atoms. The monoisotopic (exact) mass is 941 g/mol. The minimum atomic E-state index is -3.63. The van der Waals surface area contributed by atoms with Gasteiger partial charge in [0.25, 0.3) is 0 Å². The van der Waals surface area contributed by atoms with Crippen molar-refractivity contribution in [2.24, 2.45) is 0 Å². The van der Waals surface area contributed by atoms with Gasteiger partial charge in [0.2, 0.25) is 0 Å². The van der Waals surface area contributed by atoms with Gasteiger partial charge < -0.3 is 0 Å². The van der Waals surface area contributed by atoms with Gasteiger partial charge >= 0.3 is 308 Å². The Morgan fingerprint density at radius 2 is 0.591 bits per heavy atom. The second-order valence-corrected chi connectivity index (χ2v) is 25.8. The average molecular weight is 942 g/mol. The molecule has 0 amide bonds. The van der Waals surface area contributed by atoms with Crippen molar-refractivity contribution in [3.05, 3.63) is 109 Å². The van der Waals surface area contributed by atoms with Gasteiger partial charge in [0, 0.05) is 0 Å². The Morgan fingerprint density at radius 3 is 0.879 bits per heavy atom. The van der Waals surface area contributed by atoms with E-state index in [9.17, 15) is 0 Å². The van der Waals surface area contributed by atoms with Crippen LogP contribution in [0.15, 0.2) is 103 Å². The summed E-state index contributed by atoms with van der Waals surface area (Å²) in [6.45, 7) is 8.86. The van der Waals surface area contributed by atoms with E-state index < -0.39 is 5.96 Å². The van der Waals surface area contributed by atoms with E-state index in [0.717, 1.165) is 58.0 Å². The molecule has 0 saturated carbocycles. The summed E-state index contributed by atoms with van der Waals surface area (Å²) in [5.74, 6) is -1.27. The Labute approximate surface area is 410 Å². The molecule has 0 fully saturated rings. The molecule has 0 saturated heterocycles. The van der Waals surface area contributed by atoms with Gasteiger partial charge in [0.05, 0.1) is 0 Å². The first-order valence-electron chi connectivity index (χ1n) is 27.5. The number of rotatable bonds is 41. The van der Waals surface area contributed by atoms with Crippen LogP contribution >= 0.6 is 17.2 Å². The Morgan fingerprint density at radius 1 is 0.333 bits per heavy atom. The molecule has 3 nitrogen and oxygen atoms in total. The smallest absolute Gasteiger partial charge is 0.0654 e. The van der Waals surface area contributed by atoms with E-state index in [0.29, 0.717) is 26.0 Å². The number of ether oxygens (including phenoxy) is 3. The first kappa shape index (κ1) is 55.6. The fourth-order valence-corrected chi connectivity index (χ4v) is 15.8. The van der Waals surface area contributed by atoms with Gasteiger partial charge in [-0.3, -0.25) is 0 Å².